The fraction of sp³-hybridized carbons (Fsp3) is 0.364. The van der Waals surface area contributed by atoms with Crippen LogP contribution in [0, 0.1) is 0 Å². The van der Waals surface area contributed by atoms with Gasteiger partial charge in [0, 0.05) is 39.3 Å². The third-order valence-corrected chi connectivity index (χ3v) is 6.92. The zero-order chi connectivity index (χ0) is 21.9. The number of sulfone groups is 1. The van der Waals surface area contributed by atoms with Crippen LogP contribution >= 0.6 is 0 Å². The first kappa shape index (κ1) is 22.0. The molecule has 160 valence electrons. The summed E-state index contributed by atoms with van der Waals surface area (Å²) in [5.41, 5.74) is 1.50. The van der Waals surface area contributed by atoms with Crippen LogP contribution in [0.4, 0.5) is 0 Å². The number of likely N-dealkylation sites (N-methyl/N-ethyl adjacent to an activating group) is 1. The van der Waals surface area contributed by atoms with Gasteiger partial charge in [0.25, 0.3) is 5.91 Å². The van der Waals surface area contributed by atoms with Crippen LogP contribution in [0.25, 0.3) is 0 Å². The summed E-state index contributed by atoms with van der Waals surface area (Å²) in [5, 5.41) is 0. The van der Waals surface area contributed by atoms with Crippen molar-refractivity contribution in [2.24, 2.45) is 0 Å². The van der Waals surface area contributed by atoms with Gasteiger partial charge in [0.1, 0.15) is 5.75 Å². The topological polar surface area (TPSA) is 78.0 Å². The van der Waals surface area contributed by atoms with Gasteiger partial charge in [0.15, 0.2) is 9.84 Å². The van der Waals surface area contributed by atoms with Gasteiger partial charge in [0.05, 0.1) is 10.9 Å². The molecular formula is C22H27N3O4S. The van der Waals surface area contributed by atoms with E-state index in [1.54, 1.807) is 0 Å². The van der Waals surface area contributed by atoms with E-state index in [9.17, 15) is 18.0 Å². The molecule has 1 aliphatic rings. The molecule has 1 heterocycles. The van der Waals surface area contributed by atoms with Crippen LogP contribution in [-0.4, -0.2) is 81.5 Å². The van der Waals surface area contributed by atoms with Gasteiger partial charge < -0.3 is 14.7 Å². The molecule has 0 bridgehead atoms. The second kappa shape index (κ2) is 8.97. The van der Waals surface area contributed by atoms with E-state index >= 15 is 0 Å². The molecule has 1 unspecified atom stereocenters. The molecule has 30 heavy (non-hydrogen) atoms. The predicted octanol–water partition coefficient (Wildman–Crippen LogP) is 1.68. The number of benzene rings is 2. The molecule has 0 radical (unpaired) electrons. The maximum absolute atomic E-state index is 13.2. The van der Waals surface area contributed by atoms with Crippen LogP contribution in [0.3, 0.4) is 0 Å². The molecule has 0 spiro atoms. The summed E-state index contributed by atoms with van der Waals surface area (Å²) in [4.78, 5) is 30.3. The highest BCUT2D eigenvalue weighted by atomic mass is 32.2. The molecule has 0 saturated carbocycles. The van der Waals surface area contributed by atoms with Crippen LogP contribution in [0.15, 0.2) is 59.5 Å². The molecule has 2 aromatic rings. The van der Waals surface area contributed by atoms with Gasteiger partial charge in [-0.05, 0) is 36.9 Å². The molecule has 0 aliphatic carbocycles. The SMILES string of the molecule is CN1CCN(C(=O)c2ccc(S(=O)(=O)CC(=O)N(C)C)cc2)C(c2ccccc2)C1. The third kappa shape index (κ3) is 4.88. The monoisotopic (exact) mass is 429 g/mol. The number of carbonyl (C=O) groups excluding carboxylic acids is 2. The Morgan fingerprint density at radius 1 is 1.00 bits per heavy atom. The summed E-state index contributed by atoms with van der Waals surface area (Å²) < 4.78 is 24.9. The Kier molecular flexibility index (Phi) is 6.58. The first-order chi connectivity index (χ1) is 14.2. The van der Waals surface area contributed by atoms with Crippen molar-refractivity contribution < 1.29 is 18.0 Å². The minimum absolute atomic E-state index is 0.0345. The Balaban J connectivity index is 1.81. The highest BCUT2D eigenvalue weighted by Crippen LogP contribution is 2.27. The maximum atomic E-state index is 13.2. The van der Waals surface area contributed by atoms with Crippen LogP contribution in [0.1, 0.15) is 22.0 Å². The molecular weight excluding hydrogens is 402 g/mol. The minimum Gasteiger partial charge on any atom is -0.348 e. The number of hydrogen-bond acceptors (Lipinski definition) is 5. The van der Waals surface area contributed by atoms with E-state index in [4.69, 9.17) is 0 Å². The third-order valence-electron chi connectivity index (χ3n) is 5.30. The van der Waals surface area contributed by atoms with Gasteiger partial charge in [-0.3, -0.25) is 9.59 Å². The summed E-state index contributed by atoms with van der Waals surface area (Å²) in [6, 6.07) is 15.7. The van der Waals surface area contributed by atoms with Crippen LogP contribution < -0.4 is 0 Å². The highest BCUT2D eigenvalue weighted by molar-refractivity contribution is 7.92. The smallest absolute Gasteiger partial charge is 0.254 e. The number of carbonyl (C=O) groups is 2. The molecule has 1 aliphatic heterocycles. The Morgan fingerprint density at radius 3 is 2.23 bits per heavy atom. The number of hydrogen-bond donors (Lipinski definition) is 0. The van der Waals surface area contributed by atoms with E-state index in [1.165, 1.54) is 43.3 Å². The lowest BCUT2D eigenvalue weighted by atomic mass is 10.0. The van der Waals surface area contributed by atoms with Crippen molar-refractivity contribution >= 4 is 21.7 Å². The lowest BCUT2D eigenvalue weighted by Crippen LogP contribution is -2.49. The van der Waals surface area contributed by atoms with Crippen molar-refractivity contribution in [3.8, 4) is 0 Å². The van der Waals surface area contributed by atoms with Gasteiger partial charge >= 0.3 is 0 Å². The molecule has 0 N–H and O–H groups in total. The number of rotatable bonds is 5. The quantitative estimate of drug-likeness (QED) is 0.723. The zero-order valence-electron chi connectivity index (χ0n) is 17.5. The summed E-state index contributed by atoms with van der Waals surface area (Å²) in [7, 11) is 1.30. The van der Waals surface area contributed by atoms with Crippen molar-refractivity contribution in [1.29, 1.82) is 0 Å². The van der Waals surface area contributed by atoms with Crippen molar-refractivity contribution in [2.75, 3.05) is 46.5 Å². The number of piperazine rings is 1. The Hall–Kier alpha value is -2.71. The molecule has 2 aromatic carbocycles. The fourth-order valence-corrected chi connectivity index (χ4v) is 4.77. The van der Waals surface area contributed by atoms with Gasteiger partial charge in [-0.15, -0.1) is 0 Å². The standard InChI is InChI=1S/C22H27N3O4S/c1-23(2)21(26)16-30(28,29)19-11-9-18(10-12-19)22(27)25-14-13-24(3)15-20(25)17-7-5-4-6-8-17/h4-12,20H,13-16H2,1-3H3. The summed E-state index contributed by atoms with van der Waals surface area (Å²) in [6.45, 7) is 2.09. The molecule has 8 heteroatoms. The van der Waals surface area contributed by atoms with Crippen molar-refractivity contribution in [3.63, 3.8) is 0 Å². The molecule has 2 amide bonds. The van der Waals surface area contributed by atoms with Crippen molar-refractivity contribution in [1.82, 2.24) is 14.7 Å². The Labute approximate surface area is 177 Å². The maximum Gasteiger partial charge on any atom is 0.254 e. The molecule has 7 nitrogen and oxygen atoms in total. The van der Waals surface area contributed by atoms with Gasteiger partial charge in [0.2, 0.25) is 5.91 Å². The summed E-state index contributed by atoms with van der Waals surface area (Å²) in [5.74, 6) is -1.22. The van der Waals surface area contributed by atoms with E-state index < -0.39 is 21.5 Å². The molecule has 3 rings (SSSR count). The molecule has 0 aromatic heterocycles. The average Bonchev–Trinajstić information content (AvgIpc) is 2.73. The van der Waals surface area contributed by atoms with Crippen LogP contribution in [-0.2, 0) is 14.6 Å². The lowest BCUT2D eigenvalue weighted by molar-refractivity contribution is -0.125. The summed E-state index contributed by atoms with van der Waals surface area (Å²) in [6.07, 6.45) is 0. The molecule has 1 saturated heterocycles. The zero-order valence-corrected chi connectivity index (χ0v) is 18.3. The average molecular weight is 430 g/mol. The number of amides is 2. The van der Waals surface area contributed by atoms with Crippen molar-refractivity contribution in [3.05, 3.63) is 65.7 Å². The minimum atomic E-state index is -3.76. The van der Waals surface area contributed by atoms with Gasteiger partial charge in [-0.1, -0.05) is 30.3 Å². The van der Waals surface area contributed by atoms with Gasteiger partial charge in [-0.25, -0.2) is 8.42 Å². The second-order valence-corrected chi connectivity index (χ2v) is 9.75. The van der Waals surface area contributed by atoms with E-state index in [2.05, 4.69) is 4.90 Å². The molecule has 1 fully saturated rings. The predicted molar refractivity (Wildman–Crippen MR) is 115 cm³/mol. The number of nitrogens with zero attached hydrogens (tertiary/aromatic N) is 3. The van der Waals surface area contributed by atoms with Crippen LogP contribution in [0.2, 0.25) is 0 Å². The van der Waals surface area contributed by atoms with E-state index in [0.717, 1.165) is 18.7 Å². The van der Waals surface area contributed by atoms with Crippen molar-refractivity contribution in [2.45, 2.75) is 10.9 Å². The Bertz CT molecular complexity index is 1000. The Morgan fingerprint density at radius 2 is 1.63 bits per heavy atom. The highest BCUT2D eigenvalue weighted by Gasteiger charge is 2.31. The lowest BCUT2D eigenvalue weighted by Gasteiger charge is -2.40. The fourth-order valence-electron chi connectivity index (χ4n) is 3.47. The second-order valence-electron chi connectivity index (χ2n) is 7.76. The first-order valence-electron chi connectivity index (χ1n) is 9.76. The van der Waals surface area contributed by atoms with E-state index in [0.29, 0.717) is 12.1 Å². The van der Waals surface area contributed by atoms with E-state index in [-0.39, 0.29) is 16.8 Å². The van der Waals surface area contributed by atoms with Gasteiger partial charge in [-0.2, -0.15) is 0 Å². The van der Waals surface area contributed by atoms with Crippen LogP contribution in [0.5, 0.6) is 0 Å². The molecule has 1 atom stereocenters. The van der Waals surface area contributed by atoms with E-state index in [1.807, 2.05) is 42.3 Å². The summed E-state index contributed by atoms with van der Waals surface area (Å²) >= 11 is 0. The first-order valence-corrected chi connectivity index (χ1v) is 11.4. The normalized spacial score (nSPS) is 17.6. The largest absolute Gasteiger partial charge is 0.348 e.